The summed E-state index contributed by atoms with van der Waals surface area (Å²) in [6, 6.07) is 9.35. The highest BCUT2D eigenvalue weighted by Crippen LogP contribution is 2.19. The summed E-state index contributed by atoms with van der Waals surface area (Å²) in [5, 5.41) is 2.82. The summed E-state index contributed by atoms with van der Waals surface area (Å²) in [5.41, 5.74) is 3.31. The van der Waals surface area contributed by atoms with Gasteiger partial charge in [-0.15, -0.1) is 0 Å². The second kappa shape index (κ2) is 4.69. The van der Waals surface area contributed by atoms with Crippen LogP contribution in [0.4, 0.5) is 5.69 Å². The maximum absolute atomic E-state index is 11.7. The van der Waals surface area contributed by atoms with E-state index in [1.54, 1.807) is 17.3 Å². The van der Waals surface area contributed by atoms with Crippen molar-refractivity contribution in [1.82, 2.24) is 10.5 Å². The molecule has 0 spiro atoms. The third-order valence-corrected chi connectivity index (χ3v) is 2.27. The van der Waals surface area contributed by atoms with Gasteiger partial charge in [0.2, 0.25) is 5.91 Å². The molecule has 2 rings (SSSR count). The largest absolute Gasteiger partial charge is 0.274 e. The minimum atomic E-state index is -0.283. The molecule has 88 valence electrons. The van der Waals surface area contributed by atoms with E-state index in [2.05, 4.69) is 5.43 Å². The van der Waals surface area contributed by atoms with Gasteiger partial charge < -0.3 is 0 Å². The van der Waals surface area contributed by atoms with Crippen LogP contribution in [0.25, 0.3) is 0 Å². The van der Waals surface area contributed by atoms with Gasteiger partial charge in [0.25, 0.3) is 5.91 Å². The van der Waals surface area contributed by atoms with E-state index in [0.29, 0.717) is 0 Å². The van der Waals surface area contributed by atoms with Crippen LogP contribution in [0.15, 0.2) is 42.6 Å². The van der Waals surface area contributed by atoms with Gasteiger partial charge in [-0.1, -0.05) is 24.3 Å². The van der Waals surface area contributed by atoms with E-state index in [0.717, 1.165) is 5.69 Å². The molecule has 17 heavy (non-hydrogen) atoms. The van der Waals surface area contributed by atoms with Gasteiger partial charge in [-0.05, 0) is 12.1 Å². The van der Waals surface area contributed by atoms with Gasteiger partial charge in [0.1, 0.15) is 0 Å². The first-order valence-electron chi connectivity index (χ1n) is 5.29. The molecule has 0 saturated carbocycles. The van der Waals surface area contributed by atoms with Gasteiger partial charge in [0, 0.05) is 13.1 Å². The average Bonchev–Trinajstić information content (AvgIpc) is 2.32. The van der Waals surface area contributed by atoms with E-state index < -0.39 is 0 Å². The number of carbonyl (C=O) groups is 2. The van der Waals surface area contributed by atoms with Gasteiger partial charge in [0.15, 0.2) is 0 Å². The predicted octanol–water partition coefficient (Wildman–Crippen LogP) is 1.21. The fraction of sp³-hybridized carbons (Fsp3) is 0.167. The van der Waals surface area contributed by atoms with Gasteiger partial charge in [-0.25, -0.2) is 10.4 Å². The van der Waals surface area contributed by atoms with Crippen molar-refractivity contribution in [1.29, 1.82) is 0 Å². The number of rotatable bonds is 2. The Morgan fingerprint density at radius 1 is 1.29 bits per heavy atom. The molecular weight excluding hydrogens is 218 g/mol. The molecule has 1 aliphatic heterocycles. The quantitative estimate of drug-likeness (QED) is 0.832. The Labute approximate surface area is 99.3 Å². The van der Waals surface area contributed by atoms with E-state index in [4.69, 9.17) is 0 Å². The molecule has 1 N–H and O–H groups in total. The fourth-order valence-corrected chi connectivity index (χ4v) is 1.57. The van der Waals surface area contributed by atoms with Crippen molar-refractivity contribution in [2.24, 2.45) is 0 Å². The van der Waals surface area contributed by atoms with Crippen LogP contribution in [0.5, 0.6) is 0 Å². The van der Waals surface area contributed by atoms with Crippen molar-refractivity contribution in [2.45, 2.75) is 13.3 Å². The number of carbonyl (C=O) groups excluding carboxylic acids is 2. The Balaban J connectivity index is 2.29. The van der Waals surface area contributed by atoms with Gasteiger partial charge in [-0.3, -0.25) is 9.59 Å². The topological polar surface area (TPSA) is 52.7 Å². The smallest absolute Gasteiger partial charge is 0.264 e. The third kappa shape index (κ3) is 2.44. The van der Waals surface area contributed by atoms with Crippen LogP contribution in [-0.4, -0.2) is 16.9 Å². The van der Waals surface area contributed by atoms with Gasteiger partial charge >= 0.3 is 0 Å². The Morgan fingerprint density at radius 2 is 2.00 bits per heavy atom. The Kier molecular flexibility index (Phi) is 3.09. The summed E-state index contributed by atoms with van der Waals surface area (Å²) in [7, 11) is 0. The zero-order chi connectivity index (χ0) is 12.3. The summed E-state index contributed by atoms with van der Waals surface area (Å²) in [6.07, 6.45) is 3.80. The van der Waals surface area contributed by atoms with Crippen LogP contribution >= 0.6 is 0 Å². The Morgan fingerprint density at radius 3 is 2.65 bits per heavy atom. The molecular formula is C12H13N3O2. The number of hydrogen-bond donors (Lipinski definition) is 1. The number of para-hydroxylation sites is 1. The number of hydrogen-bond acceptors (Lipinski definition) is 3. The summed E-state index contributed by atoms with van der Waals surface area (Å²) in [6.45, 7) is 1.37. The van der Waals surface area contributed by atoms with E-state index >= 15 is 0 Å². The summed E-state index contributed by atoms with van der Waals surface area (Å²) in [4.78, 5) is 22.8. The maximum Gasteiger partial charge on any atom is 0.264 e. The van der Waals surface area contributed by atoms with Crippen molar-refractivity contribution in [3.8, 4) is 0 Å². The molecule has 1 aliphatic rings. The third-order valence-electron chi connectivity index (χ3n) is 2.27. The van der Waals surface area contributed by atoms with Crippen molar-refractivity contribution in [3.05, 3.63) is 42.6 Å². The van der Waals surface area contributed by atoms with E-state index in [9.17, 15) is 9.59 Å². The lowest BCUT2D eigenvalue weighted by Crippen LogP contribution is -2.55. The number of nitrogens with zero attached hydrogens (tertiary/aromatic N) is 2. The lowest BCUT2D eigenvalue weighted by atomic mass is 10.3. The second-order valence-electron chi connectivity index (χ2n) is 3.64. The standard InChI is InChI=1S/C12H13N3O2/c1-10(16)13-15-12(17)8-5-9-14(15)11-6-3-2-4-7-11/h2-7,9H,8H2,1H3,(H,13,16). The zero-order valence-electron chi connectivity index (χ0n) is 9.46. The van der Waals surface area contributed by atoms with Crippen LogP contribution < -0.4 is 10.4 Å². The average molecular weight is 231 g/mol. The Hall–Kier alpha value is -2.30. The molecule has 1 heterocycles. The minimum absolute atomic E-state index is 0.174. The molecule has 0 fully saturated rings. The zero-order valence-corrected chi connectivity index (χ0v) is 9.46. The monoisotopic (exact) mass is 231 g/mol. The molecule has 0 aliphatic carbocycles. The lowest BCUT2D eigenvalue weighted by molar-refractivity contribution is -0.140. The number of benzene rings is 1. The number of anilines is 1. The fourth-order valence-electron chi connectivity index (χ4n) is 1.57. The van der Waals surface area contributed by atoms with Crippen molar-refractivity contribution in [2.75, 3.05) is 5.01 Å². The molecule has 0 radical (unpaired) electrons. The lowest BCUT2D eigenvalue weighted by Gasteiger charge is -2.35. The highest BCUT2D eigenvalue weighted by Gasteiger charge is 2.23. The SMILES string of the molecule is CC(=O)NN1C(=O)CC=CN1c1ccccc1. The van der Waals surface area contributed by atoms with Crippen molar-refractivity contribution >= 4 is 17.5 Å². The molecule has 0 aromatic heterocycles. The van der Waals surface area contributed by atoms with E-state index in [1.807, 2.05) is 30.3 Å². The molecule has 0 atom stereocenters. The summed E-state index contributed by atoms with van der Waals surface area (Å²) in [5.74, 6) is -0.457. The molecule has 0 saturated heterocycles. The number of amides is 2. The van der Waals surface area contributed by atoms with E-state index in [-0.39, 0.29) is 18.2 Å². The first kappa shape index (κ1) is 11.2. The predicted molar refractivity (Wildman–Crippen MR) is 63.3 cm³/mol. The number of hydrazine groups is 2. The van der Waals surface area contributed by atoms with Crippen molar-refractivity contribution < 1.29 is 9.59 Å². The number of nitrogens with one attached hydrogen (secondary N) is 1. The van der Waals surface area contributed by atoms with Gasteiger partial charge in [-0.2, -0.15) is 5.12 Å². The van der Waals surface area contributed by atoms with Crippen LogP contribution in [0.2, 0.25) is 0 Å². The highest BCUT2D eigenvalue weighted by molar-refractivity contribution is 5.84. The Bertz CT molecular complexity index is 456. The van der Waals surface area contributed by atoms with Crippen LogP contribution in [0.1, 0.15) is 13.3 Å². The second-order valence-corrected chi connectivity index (χ2v) is 3.64. The van der Waals surface area contributed by atoms with Crippen LogP contribution in [-0.2, 0) is 9.59 Å². The van der Waals surface area contributed by atoms with Crippen LogP contribution in [0, 0.1) is 0 Å². The molecule has 5 nitrogen and oxygen atoms in total. The molecule has 5 heteroatoms. The maximum atomic E-state index is 11.7. The van der Waals surface area contributed by atoms with E-state index in [1.165, 1.54) is 12.0 Å². The van der Waals surface area contributed by atoms with Gasteiger partial charge in [0.05, 0.1) is 12.1 Å². The molecule has 1 aromatic rings. The summed E-state index contributed by atoms with van der Waals surface area (Å²) < 4.78 is 0. The molecule has 0 bridgehead atoms. The first-order chi connectivity index (χ1) is 8.18. The molecule has 2 amide bonds. The summed E-state index contributed by atoms with van der Waals surface area (Å²) >= 11 is 0. The normalized spacial score (nSPS) is 15.0. The molecule has 1 aromatic carbocycles. The van der Waals surface area contributed by atoms with Crippen LogP contribution in [0.3, 0.4) is 0 Å². The van der Waals surface area contributed by atoms with Crippen molar-refractivity contribution in [3.63, 3.8) is 0 Å². The first-order valence-corrected chi connectivity index (χ1v) is 5.29. The molecule has 0 unspecified atom stereocenters. The minimum Gasteiger partial charge on any atom is -0.274 e. The highest BCUT2D eigenvalue weighted by atomic mass is 16.2.